The van der Waals surface area contributed by atoms with Crippen LogP contribution in [-0.2, 0) is 67.3 Å². The smallest absolute Gasteiger partial charge is 0.297 e. The van der Waals surface area contributed by atoms with Gasteiger partial charge in [0.1, 0.15) is 48.8 Å². The first kappa shape index (κ1) is 42.5. The second-order valence-electron chi connectivity index (χ2n) is 14.0. The molecule has 0 bridgehead atoms. The third-order valence-corrected chi connectivity index (χ3v) is 10.9. The van der Waals surface area contributed by atoms with Gasteiger partial charge in [-0.05, 0) is 35.7 Å². The van der Waals surface area contributed by atoms with Crippen molar-refractivity contribution in [1.29, 1.82) is 0 Å². The number of benzene rings is 4. The van der Waals surface area contributed by atoms with Crippen LogP contribution in [0.4, 0.5) is 0 Å². The minimum atomic E-state index is -4.30. The Morgan fingerprint density at radius 3 is 1.77 bits per heavy atom. The Labute approximate surface area is 332 Å². The van der Waals surface area contributed by atoms with Crippen molar-refractivity contribution in [3.63, 3.8) is 0 Å². The average molecular weight is 808 g/mol. The number of rotatable bonds is 17. The van der Waals surface area contributed by atoms with Gasteiger partial charge in [0, 0.05) is 6.92 Å². The number of ether oxygens (including phenoxy) is 6. The van der Waals surface area contributed by atoms with Crippen LogP contribution in [0.1, 0.15) is 29.2 Å². The first-order valence-electron chi connectivity index (χ1n) is 18.6. The van der Waals surface area contributed by atoms with E-state index in [1.165, 1.54) is 19.1 Å². The van der Waals surface area contributed by atoms with E-state index in [0.717, 1.165) is 22.3 Å². The summed E-state index contributed by atoms with van der Waals surface area (Å²) in [5.41, 5.74) is 3.39. The minimum absolute atomic E-state index is 0.0627. The van der Waals surface area contributed by atoms with Gasteiger partial charge in [0.25, 0.3) is 10.1 Å². The second-order valence-corrected chi connectivity index (χ2v) is 15.6. The van der Waals surface area contributed by atoms with Crippen LogP contribution >= 0.6 is 0 Å². The summed E-state index contributed by atoms with van der Waals surface area (Å²) in [4.78, 5) is 12.7. The lowest BCUT2D eigenvalue weighted by Crippen LogP contribution is -2.68. The maximum Gasteiger partial charge on any atom is 0.297 e. The number of aryl methyl sites for hydroxylation is 1. The van der Waals surface area contributed by atoms with Gasteiger partial charge in [-0.1, -0.05) is 109 Å². The molecule has 2 aliphatic heterocycles. The van der Waals surface area contributed by atoms with E-state index >= 15 is 0 Å². The molecular formula is C42H49NO13S. The van der Waals surface area contributed by atoms with E-state index in [1.807, 2.05) is 91.0 Å². The summed E-state index contributed by atoms with van der Waals surface area (Å²) >= 11 is 0. The van der Waals surface area contributed by atoms with E-state index in [-0.39, 0.29) is 31.3 Å². The monoisotopic (exact) mass is 807 g/mol. The van der Waals surface area contributed by atoms with Crippen molar-refractivity contribution < 1.29 is 61.1 Å². The molecule has 0 radical (unpaired) electrons. The van der Waals surface area contributed by atoms with Gasteiger partial charge in [-0.2, -0.15) is 8.42 Å². The van der Waals surface area contributed by atoms with Crippen LogP contribution < -0.4 is 5.32 Å². The molecule has 306 valence electrons. The van der Waals surface area contributed by atoms with Crippen molar-refractivity contribution >= 4 is 16.0 Å². The fraction of sp³-hybridized carbons (Fsp3) is 0.405. The molecule has 0 aromatic heterocycles. The molecule has 4 aromatic rings. The quantitative estimate of drug-likeness (QED) is 0.114. The molecule has 10 atom stereocenters. The van der Waals surface area contributed by atoms with Crippen molar-refractivity contribution in [3.05, 3.63) is 138 Å². The van der Waals surface area contributed by atoms with Gasteiger partial charge >= 0.3 is 0 Å². The molecule has 15 heteroatoms. The summed E-state index contributed by atoms with van der Waals surface area (Å²) in [5.74, 6) is -0.415. The SMILES string of the molecule is CC(=O)N[C@H]1[C@@H](OCc2ccccc2)O[C@H](COCc2ccccc2)[C@@H](O[C@@H]2O[C@H](COS(=O)(=O)c3ccc(C)cc3)[C@@H](O)[C@H](O)[C@H]2O)[C@@H]1OCc1ccccc1. The fourth-order valence-electron chi connectivity index (χ4n) is 6.57. The van der Waals surface area contributed by atoms with Crippen LogP contribution in [0.2, 0.25) is 0 Å². The van der Waals surface area contributed by atoms with Crippen molar-refractivity contribution in [3.8, 4) is 0 Å². The number of hydrogen-bond acceptors (Lipinski definition) is 13. The molecule has 0 unspecified atom stereocenters. The van der Waals surface area contributed by atoms with Crippen LogP contribution in [0.3, 0.4) is 0 Å². The Bertz CT molecular complexity index is 1940. The van der Waals surface area contributed by atoms with Crippen molar-refractivity contribution in [2.45, 2.75) is 99.9 Å². The highest BCUT2D eigenvalue weighted by molar-refractivity contribution is 7.86. The van der Waals surface area contributed by atoms with E-state index in [0.29, 0.717) is 0 Å². The molecule has 57 heavy (non-hydrogen) atoms. The Kier molecular flexibility index (Phi) is 14.9. The maximum atomic E-state index is 13.0. The normalized spacial score (nSPS) is 27.8. The molecule has 14 nitrogen and oxygen atoms in total. The Hall–Kier alpha value is -4.10. The number of nitrogens with one attached hydrogen (secondary N) is 1. The highest BCUT2D eigenvalue weighted by Crippen LogP contribution is 2.33. The minimum Gasteiger partial charge on any atom is -0.387 e. The molecular weight excluding hydrogens is 759 g/mol. The summed E-state index contributed by atoms with van der Waals surface area (Å²) in [7, 11) is -4.30. The van der Waals surface area contributed by atoms with E-state index < -0.39 is 84.0 Å². The summed E-state index contributed by atoms with van der Waals surface area (Å²) in [6, 6.07) is 33.2. The van der Waals surface area contributed by atoms with Crippen molar-refractivity contribution in [2.75, 3.05) is 13.2 Å². The van der Waals surface area contributed by atoms with Crippen LogP contribution in [0.25, 0.3) is 0 Å². The Balaban J connectivity index is 1.29. The summed E-state index contributed by atoms with van der Waals surface area (Å²) < 4.78 is 69.3. The zero-order valence-electron chi connectivity index (χ0n) is 31.6. The van der Waals surface area contributed by atoms with Gasteiger partial charge in [0.15, 0.2) is 12.6 Å². The topological polar surface area (TPSA) is 189 Å². The van der Waals surface area contributed by atoms with Gasteiger partial charge in [-0.15, -0.1) is 0 Å². The summed E-state index contributed by atoms with van der Waals surface area (Å²) in [5, 5.41) is 36.1. The first-order valence-corrected chi connectivity index (χ1v) is 20.1. The van der Waals surface area contributed by atoms with Crippen molar-refractivity contribution in [1.82, 2.24) is 5.32 Å². The number of carbonyl (C=O) groups excluding carboxylic acids is 1. The molecule has 6 rings (SSSR count). The zero-order chi connectivity index (χ0) is 40.4. The first-order chi connectivity index (χ1) is 27.5. The molecule has 2 aliphatic rings. The molecule has 0 spiro atoms. The molecule has 2 saturated heterocycles. The largest absolute Gasteiger partial charge is 0.387 e. The predicted molar refractivity (Wildman–Crippen MR) is 204 cm³/mol. The number of carbonyl (C=O) groups is 1. The highest BCUT2D eigenvalue weighted by atomic mass is 32.2. The number of aliphatic hydroxyl groups is 3. The van der Waals surface area contributed by atoms with E-state index in [2.05, 4.69) is 5.32 Å². The second kappa shape index (κ2) is 20.0. The molecule has 2 fully saturated rings. The standard InChI is InChI=1S/C42H49NO13S/c1-27-18-20-32(21-19-27)57(48,49)53-26-33-36(45)37(46)38(47)42(54-33)56-39-34(25-50-22-29-12-6-3-7-13-29)55-41(52-24-31-16-10-5-11-17-31)35(43-28(2)44)40(39)51-23-30-14-8-4-9-15-30/h3-21,33-42,45-47H,22-26H2,1-2H3,(H,43,44)/t33-,34-,35-,36-,37+,38-,39-,40-,41+,42+/m1/s1. The lowest BCUT2D eigenvalue weighted by atomic mass is 9.95. The summed E-state index contributed by atoms with van der Waals surface area (Å²) in [6.07, 6.45) is -12.9. The van der Waals surface area contributed by atoms with Crippen molar-refractivity contribution in [2.24, 2.45) is 0 Å². The Morgan fingerprint density at radius 2 is 1.19 bits per heavy atom. The van der Waals surface area contributed by atoms with E-state index in [4.69, 9.17) is 32.6 Å². The highest BCUT2D eigenvalue weighted by Gasteiger charge is 2.53. The maximum absolute atomic E-state index is 13.0. The average Bonchev–Trinajstić information content (AvgIpc) is 3.21. The molecule has 0 aliphatic carbocycles. The van der Waals surface area contributed by atoms with Gasteiger partial charge in [0.05, 0.1) is 37.9 Å². The number of hydrogen-bond donors (Lipinski definition) is 4. The zero-order valence-corrected chi connectivity index (χ0v) is 32.4. The predicted octanol–water partition coefficient (Wildman–Crippen LogP) is 3.14. The third kappa shape index (κ3) is 11.5. The van der Waals surface area contributed by atoms with Crippen LogP contribution in [0, 0.1) is 6.92 Å². The number of amides is 1. The lowest BCUT2D eigenvalue weighted by molar-refractivity contribution is -0.353. The van der Waals surface area contributed by atoms with Crippen LogP contribution in [0.15, 0.2) is 120 Å². The number of aliphatic hydroxyl groups excluding tert-OH is 3. The Morgan fingerprint density at radius 1 is 0.649 bits per heavy atom. The van der Waals surface area contributed by atoms with E-state index in [1.54, 1.807) is 19.1 Å². The van der Waals surface area contributed by atoms with Crippen LogP contribution in [-0.4, -0.2) is 104 Å². The molecule has 4 N–H and O–H groups in total. The lowest BCUT2D eigenvalue weighted by Gasteiger charge is -2.48. The summed E-state index contributed by atoms with van der Waals surface area (Å²) in [6.45, 7) is 2.73. The van der Waals surface area contributed by atoms with Gasteiger partial charge < -0.3 is 49.1 Å². The third-order valence-electron chi connectivity index (χ3n) is 9.61. The van der Waals surface area contributed by atoms with Gasteiger partial charge in [0.2, 0.25) is 5.91 Å². The van der Waals surface area contributed by atoms with Crippen LogP contribution in [0.5, 0.6) is 0 Å². The molecule has 1 amide bonds. The molecule has 0 saturated carbocycles. The van der Waals surface area contributed by atoms with E-state index in [9.17, 15) is 28.5 Å². The molecule has 2 heterocycles. The van der Waals surface area contributed by atoms with Gasteiger partial charge in [-0.25, -0.2) is 0 Å². The van der Waals surface area contributed by atoms with Gasteiger partial charge in [-0.3, -0.25) is 8.98 Å². The fourth-order valence-corrected chi connectivity index (χ4v) is 7.49. The molecule has 4 aromatic carbocycles.